The van der Waals surface area contributed by atoms with Gasteiger partial charge in [0.25, 0.3) is 0 Å². The molecule has 0 aromatic heterocycles. The first kappa shape index (κ1) is 12.4. The molecule has 84 valence electrons. The van der Waals surface area contributed by atoms with Crippen molar-refractivity contribution in [2.24, 2.45) is 5.84 Å². The molecule has 15 heavy (non-hydrogen) atoms. The van der Waals surface area contributed by atoms with Crippen molar-refractivity contribution in [1.82, 2.24) is 5.43 Å². The largest absolute Gasteiger partial charge is 0.496 e. The average molecular weight is 226 g/mol. The van der Waals surface area contributed by atoms with E-state index in [1.165, 1.54) is 0 Å². The van der Waals surface area contributed by atoms with E-state index in [2.05, 4.69) is 11.7 Å². The monoisotopic (exact) mass is 226 g/mol. The number of nitrogens with two attached hydrogens (primary N) is 1. The number of benzene rings is 1. The SMILES string of the molecule is COc1ccccc1C(CCSC)NN. The van der Waals surface area contributed by atoms with Crippen LogP contribution in [0.15, 0.2) is 24.3 Å². The molecule has 0 saturated carbocycles. The third-order valence-corrected chi connectivity index (χ3v) is 2.97. The Morgan fingerprint density at radius 2 is 2.20 bits per heavy atom. The van der Waals surface area contributed by atoms with Gasteiger partial charge in [-0.25, -0.2) is 0 Å². The fourth-order valence-corrected chi connectivity index (χ4v) is 1.99. The first-order valence-electron chi connectivity index (χ1n) is 4.91. The zero-order valence-corrected chi connectivity index (χ0v) is 10.0. The fraction of sp³-hybridized carbons (Fsp3) is 0.455. The van der Waals surface area contributed by atoms with Gasteiger partial charge in [0, 0.05) is 5.56 Å². The molecule has 0 fully saturated rings. The summed E-state index contributed by atoms with van der Waals surface area (Å²) in [4.78, 5) is 0. The van der Waals surface area contributed by atoms with E-state index in [-0.39, 0.29) is 6.04 Å². The van der Waals surface area contributed by atoms with Gasteiger partial charge in [0.05, 0.1) is 13.2 Å². The van der Waals surface area contributed by atoms with E-state index in [4.69, 9.17) is 10.6 Å². The molecule has 0 heterocycles. The highest BCUT2D eigenvalue weighted by Gasteiger charge is 2.13. The fourth-order valence-electron chi connectivity index (χ4n) is 1.52. The molecular formula is C11H18N2OS. The Kier molecular flexibility index (Phi) is 5.53. The summed E-state index contributed by atoms with van der Waals surface area (Å²) in [7, 11) is 1.68. The van der Waals surface area contributed by atoms with Gasteiger partial charge in [-0.05, 0) is 24.5 Å². The maximum absolute atomic E-state index is 5.55. The van der Waals surface area contributed by atoms with Crippen LogP contribution >= 0.6 is 11.8 Å². The van der Waals surface area contributed by atoms with E-state index in [0.717, 1.165) is 23.5 Å². The van der Waals surface area contributed by atoms with Crippen LogP contribution in [-0.2, 0) is 0 Å². The van der Waals surface area contributed by atoms with Gasteiger partial charge in [0.15, 0.2) is 0 Å². The van der Waals surface area contributed by atoms with E-state index in [9.17, 15) is 0 Å². The van der Waals surface area contributed by atoms with Crippen LogP contribution in [0.25, 0.3) is 0 Å². The minimum atomic E-state index is 0.161. The molecule has 4 heteroatoms. The minimum Gasteiger partial charge on any atom is -0.496 e. The maximum atomic E-state index is 5.55. The Labute approximate surface area is 95.4 Å². The number of hydrazine groups is 1. The van der Waals surface area contributed by atoms with Crippen LogP contribution < -0.4 is 16.0 Å². The molecule has 1 atom stereocenters. The molecule has 0 radical (unpaired) electrons. The summed E-state index contributed by atoms with van der Waals surface area (Å²) in [6.07, 6.45) is 3.09. The second kappa shape index (κ2) is 6.71. The van der Waals surface area contributed by atoms with Crippen molar-refractivity contribution in [3.63, 3.8) is 0 Å². The lowest BCUT2D eigenvalue weighted by Crippen LogP contribution is -2.28. The molecule has 1 rings (SSSR count). The van der Waals surface area contributed by atoms with Gasteiger partial charge in [-0.15, -0.1) is 0 Å². The molecule has 1 aromatic rings. The van der Waals surface area contributed by atoms with Gasteiger partial charge in [-0.1, -0.05) is 18.2 Å². The Hall–Kier alpha value is -0.710. The van der Waals surface area contributed by atoms with Crippen LogP contribution in [0.3, 0.4) is 0 Å². The normalized spacial score (nSPS) is 12.5. The molecule has 0 aliphatic heterocycles. The summed E-state index contributed by atoms with van der Waals surface area (Å²) in [5.41, 5.74) is 3.96. The molecule has 0 bridgehead atoms. The lowest BCUT2D eigenvalue weighted by Gasteiger charge is -2.18. The van der Waals surface area contributed by atoms with Gasteiger partial charge in [-0.3, -0.25) is 11.3 Å². The average Bonchev–Trinajstić information content (AvgIpc) is 2.30. The number of ether oxygens (including phenoxy) is 1. The number of rotatable bonds is 6. The second-order valence-electron chi connectivity index (χ2n) is 3.24. The highest BCUT2D eigenvalue weighted by molar-refractivity contribution is 7.98. The van der Waals surface area contributed by atoms with Gasteiger partial charge in [-0.2, -0.15) is 11.8 Å². The predicted molar refractivity (Wildman–Crippen MR) is 66.1 cm³/mol. The molecule has 3 N–H and O–H groups in total. The zero-order chi connectivity index (χ0) is 11.1. The number of nitrogens with one attached hydrogen (secondary N) is 1. The van der Waals surface area contributed by atoms with Crippen molar-refractivity contribution in [2.75, 3.05) is 19.1 Å². The van der Waals surface area contributed by atoms with Crippen LogP contribution in [0.1, 0.15) is 18.0 Å². The first-order chi connectivity index (χ1) is 7.33. The van der Waals surface area contributed by atoms with E-state index in [1.54, 1.807) is 7.11 Å². The Morgan fingerprint density at radius 1 is 1.47 bits per heavy atom. The molecule has 0 amide bonds. The molecular weight excluding hydrogens is 208 g/mol. The maximum Gasteiger partial charge on any atom is 0.123 e. The van der Waals surface area contributed by atoms with Crippen LogP contribution in [0, 0.1) is 0 Å². The summed E-state index contributed by atoms with van der Waals surface area (Å²) >= 11 is 1.82. The Morgan fingerprint density at radius 3 is 2.80 bits per heavy atom. The summed E-state index contributed by atoms with van der Waals surface area (Å²) in [6, 6.07) is 8.13. The van der Waals surface area contributed by atoms with Crippen molar-refractivity contribution in [3.05, 3.63) is 29.8 Å². The molecule has 0 aliphatic carbocycles. The minimum absolute atomic E-state index is 0.161. The Balaban J connectivity index is 2.80. The lowest BCUT2D eigenvalue weighted by atomic mass is 10.0. The number of methoxy groups -OCH3 is 1. The smallest absolute Gasteiger partial charge is 0.123 e. The third kappa shape index (κ3) is 3.41. The number of thioether (sulfide) groups is 1. The highest BCUT2D eigenvalue weighted by Crippen LogP contribution is 2.26. The lowest BCUT2D eigenvalue weighted by molar-refractivity contribution is 0.398. The number of hydrogen-bond acceptors (Lipinski definition) is 4. The predicted octanol–water partition coefficient (Wildman–Crippen LogP) is 1.95. The van der Waals surface area contributed by atoms with Gasteiger partial charge >= 0.3 is 0 Å². The van der Waals surface area contributed by atoms with Gasteiger partial charge in [0.2, 0.25) is 0 Å². The van der Waals surface area contributed by atoms with E-state index in [1.807, 2.05) is 36.0 Å². The quantitative estimate of drug-likeness (QED) is 0.575. The first-order valence-corrected chi connectivity index (χ1v) is 6.30. The number of para-hydroxylation sites is 1. The van der Waals surface area contributed by atoms with Gasteiger partial charge in [0.1, 0.15) is 5.75 Å². The number of hydrogen-bond donors (Lipinski definition) is 2. The zero-order valence-electron chi connectivity index (χ0n) is 9.19. The van der Waals surface area contributed by atoms with Crippen LogP contribution in [-0.4, -0.2) is 19.1 Å². The highest BCUT2D eigenvalue weighted by atomic mass is 32.2. The van der Waals surface area contributed by atoms with E-state index in [0.29, 0.717) is 0 Å². The molecule has 0 aliphatic rings. The standard InChI is InChI=1S/C11H18N2OS/c1-14-11-6-4-3-5-9(11)10(13-12)7-8-15-2/h3-6,10,13H,7-8,12H2,1-2H3. The summed E-state index contributed by atoms with van der Waals surface area (Å²) < 4.78 is 5.31. The van der Waals surface area contributed by atoms with E-state index >= 15 is 0 Å². The van der Waals surface area contributed by atoms with Crippen LogP contribution in [0.5, 0.6) is 5.75 Å². The van der Waals surface area contributed by atoms with Crippen LogP contribution in [0.4, 0.5) is 0 Å². The second-order valence-corrected chi connectivity index (χ2v) is 4.23. The Bertz CT molecular complexity index is 294. The van der Waals surface area contributed by atoms with E-state index < -0.39 is 0 Å². The van der Waals surface area contributed by atoms with Crippen molar-refractivity contribution in [1.29, 1.82) is 0 Å². The molecule has 3 nitrogen and oxygen atoms in total. The third-order valence-electron chi connectivity index (χ3n) is 2.33. The molecule has 0 saturated heterocycles. The van der Waals surface area contributed by atoms with Crippen LogP contribution in [0.2, 0.25) is 0 Å². The van der Waals surface area contributed by atoms with Gasteiger partial charge < -0.3 is 4.74 Å². The van der Waals surface area contributed by atoms with Crippen molar-refractivity contribution in [2.45, 2.75) is 12.5 Å². The molecule has 1 unspecified atom stereocenters. The van der Waals surface area contributed by atoms with Crippen molar-refractivity contribution >= 4 is 11.8 Å². The summed E-state index contributed by atoms with van der Waals surface area (Å²) in [5, 5.41) is 0. The van der Waals surface area contributed by atoms with Crippen molar-refractivity contribution < 1.29 is 4.74 Å². The molecule has 0 spiro atoms. The summed E-state index contributed by atoms with van der Waals surface area (Å²) in [6.45, 7) is 0. The van der Waals surface area contributed by atoms with Crippen molar-refractivity contribution in [3.8, 4) is 5.75 Å². The molecule has 1 aromatic carbocycles. The topological polar surface area (TPSA) is 47.3 Å². The summed E-state index contributed by atoms with van der Waals surface area (Å²) in [5.74, 6) is 7.52.